The lowest BCUT2D eigenvalue weighted by atomic mass is 10.3. The maximum atomic E-state index is 12.1. The number of rotatable bonds is 1. The number of benzene rings is 1. The van der Waals surface area contributed by atoms with Crippen molar-refractivity contribution in [2.45, 2.75) is 5.09 Å². The van der Waals surface area contributed by atoms with Gasteiger partial charge < -0.3 is 4.42 Å². The highest BCUT2D eigenvalue weighted by Crippen LogP contribution is 2.29. The number of hydrogen-bond acceptors (Lipinski definition) is 2. The standard InChI is InChI=1S/C9H5Br3O2S/c10-9(11)15(12,13)8-5-6-3-1-2-4-7(6)14-8/h1-5H. The zero-order chi connectivity index (χ0) is 11.1. The van der Waals surface area contributed by atoms with Gasteiger partial charge in [0.15, 0.2) is 5.09 Å². The Morgan fingerprint density at radius 1 is 1.27 bits per heavy atom. The third-order valence-corrected chi connectivity index (χ3v) is 10.2. The fraction of sp³-hybridized carbons (Fsp3) is 0. The van der Waals surface area contributed by atoms with Crippen molar-refractivity contribution in [1.29, 1.82) is 0 Å². The second-order valence-electron chi connectivity index (χ2n) is 2.82. The number of halogens is 3. The molecule has 0 amide bonds. The molecule has 0 saturated heterocycles. The van der Waals surface area contributed by atoms with Gasteiger partial charge in [-0.25, -0.2) is 4.21 Å². The monoisotopic (exact) mass is 414 g/mol. The fourth-order valence-corrected chi connectivity index (χ4v) is 3.23. The minimum atomic E-state index is -2.49. The summed E-state index contributed by atoms with van der Waals surface area (Å²) in [6.07, 6.45) is 0. The smallest absolute Gasteiger partial charge is 0.195 e. The van der Waals surface area contributed by atoms with Crippen LogP contribution in [0.15, 0.2) is 39.8 Å². The van der Waals surface area contributed by atoms with Gasteiger partial charge in [0.1, 0.15) is 16.2 Å². The first-order chi connectivity index (χ1) is 7.01. The largest absolute Gasteiger partial charge is 0.447 e. The first-order valence-corrected chi connectivity index (χ1v) is 8.91. The highest BCUT2D eigenvalue weighted by molar-refractivity contribution is 9.55. The average Bonchev–Trinajstić information content (AvgIpc) is 2.61. The molecule has 15 heavy (non-hydrogen) atoms. The molecule has 0 bridgehead atoms. The minimum absolute atomic E-state index is 0.396. The molecule has 0 aliphatic carbocycles. The van der Waals surface area contributed by atoms with E-state index < -0.39 is 7.96 Å². The maximum Gasteiger partial charge on any atom is 0.195 e. The van der Waals surface area contributed by atoms with Crippen LogP contribution in [0, 0.1) is 0 Å². The van der Waals surface area contributed by atoms with Gasteiger partial charge in [0, 0.05) is 26.3 Å². The summed E-state index contributed by atoms with van der Waals surface area (Å²) in [6.45, 7) is 0. The fourth-order valence-electron chi connectivity index (χ4n) is 1.16. The van der Waals surface area contributed by atoms with Crippen molar-refractivity contribution in [3.05, 3.63) is 30.3 Å². The molecule has 2 aromatic rings. The second-order valence-corrected chi connectivity index (χ2v) is 11.0. The zero-order valence-corrected chi connectivity index (χ0v) is 12.8. The first kappa shape index (κ1) is 11.7. The Balaban J connectivity index is 2.76. The minimum Gasteiger partial charge on any atom is -0.447 e. The molecule has 0 aliphatic heterocycles. The normalized spacial score (nSPS) is 15.1. The van der Waals surface area contributed by atoms with Crippen LogP contribution in [-0.4, -0.2) is 6.89 Å². The third-order valence-electron chi connectivity index (χ3n) is 1.86. The molecule has 6 heteroatoms. The van der Waals surface area contributed by atoms with Gasteiger partial charge in [-0.2, -0.15) is 0 Å². The maximum absolute atomic E-state index is 12.1. The van der Waals surface area contributed by atoms with Crippen molar-refractivity contribution in [3.8, 4) is 0 Å². The summed E-state index contributed by atoms with van der Waals surface area (Å²) in [5.41, 5.74) is 0.723. The van der Waals surface area contributed by atoms with E-state index in [1.165, 1.54) is 0 Å². The predicted molar refractivity (Wildman–Crippen MR) is 74.4 cm³/mol. The number of fused-ring (bicyclic) bond motifs is 1. The van der Waals surface area contributed by atoms with Crippen molar-refractivity contribution < 1.29 is 8.63 Å². The summed E-state index contributed by atoms with van der Waals surface area (Å²) < 4.78 is 18.1. The van der Waals surface area contributed by atoms with Crippen LogP contribution in [0.5, 0.6) is 0 Å². The summed E-state index contributed by atoms with van der Waals surface area (Å²) in [5, 5.41) is 1.33. The Labute approximate surface area is 111 Å². The second kappa shape index (κ2) is 4.24. The van der Waals surface area contributed by atoms with Gasteiger partial charge >= 0.3 is 0 Å². The molecule has 1 heterocycles. The molecule has 80 valence electrons. The summed E-state index contributed by atoms with van der Waals surface area (Å²) in [4.78, 5) is 0. The van der Waals surface area contributed by atoms with E-state index in [1.807, 2.05) is 24.3 Å². The van der Waals surface area contributed by atoms with Crippen molar-refractivity contribution >= 4 is 68.3 Å². The average molecular weight is 417 g/mol. The first-order valence-electron chi connectivity index (χ1n) is 3.92. The van der Waals surface area contributed by atoms with Crippen LogP contribution in [0.3, 0.4) is 0 Å². The highest BCUT2D eigenvalue weighted by Gasteiger charge is 2.16. The van der Waals surface area contributed by atoms with E-state index in [-0.39, 0.29) is 0 Å². The van der Waals surface area contributed by atoms with E-state index in [1.54, 1.807) is 6.07 Å². The quantitative estimate of drug-likeness (QED) is 0.513. The molecule has 0 fully saturated rings. The van der Waals surface area contributed by atoms with E-state index in [2.05, 4.69) is 46.7 Å². The van der Waals surface area contributed by atoms with Crippen LogP contribution in [0.1, 0.15) is 0 Å². The SMILES string of the molecule is O=S(Br)(=C(Br)Br)c1cc2ccccc2o1. The van der Waals surface area contributed by atoms with Gasteiger partial charge in [-0.3, -0.25) is 0 Å². The van der Waals surface area contributed by atoms with Crippen molar-refractivity contribution in [1.82, 2.24) is 0 Å². The van der Waals surface area contributed by atoms with Crippen LogP contribution in [-0.2, 0) is 7.96 Å². The zero-order valence-electron chi connectivity index (χ0n) is 7.25. The lowest BCUT2D eigenvalue weighted by Gasteiger charge is -1.96. The van der Waals surface area contributed by atoms with E-state index in [4.69, 9.17) is 4.42 Å². The Bertz CT molecular complexity index is 586. The Morgan fingerprint density at radius 3 is 2.53 bits per heavy atom. The van der Waals surface area contributed by atoms with Crippen LogP contribution in [0.25, 0.3) is 11.0 Å². The Kier molecular flexibility index (Phi) is 3.30. The highest BCUT2D eigenvalue weighted by atomic mass is 79.9. The topological polar surface area (TPSA) is 30.2 Å². The third kappa shape index (κ3) is 2.18. The summed E-state index contributed by atoms with van der Waals surface area (Å²) in [7, 11) is -2.49. The van der Waals surface area contributed by atoms with Crippen molar-refractivity contribution in [2.24, 2.45) is 0 Å². The van der Waals surface area contributed by atoms with Gasteiger partial charge in [-0.1, -0.05) is 18.2 Å². The number of furan rings is 1. The van der Waals surface area contributed by atoms with Gasteiger partial charge in [-0.15, -0.1) is 0 Å². The van der Waals surface area contributed by atoms with E-state index >= 15 is 0 Å². The number of para-hydroxylation sites is 1. The van der Waals surface area contributed by atoms with Gasteiger partial charge in [-0.05, 0) is 37.9 Å². The Hall–Kier alpha value is 0.220. The van der Waals surface area contributed by atoms with E-state index in [0.29, 0.717) is 7.78 Å². The molecule has 0 saturated carbocycles. The van der Waals surface area contributed by atoms with Crippen molar-refractivity contribution in [2.75, 3.05) is 0 Å². The van der Waals surface area contributed by atoms with E-state index in [9.17, 15) is 4.21 Å². The lowest BCUT2D eigenvalue weighted by Crippen LogP contribution is -1.93. The summed E-state index contributed by atoms with van der Waals surface area (Å²) in [5.74, 6) is 0. The lowest BCUT2D eigenvalue weighted by molar-refractivity contribution is 0.506. The van der Waals surface area contributed by atoms with Gasteiger partial charge in [0.25, 0.3) is 0 Å². The van der Waals surface area contributed by atoms with Gasteiger partial charge in [0.2, 0.25) is 0 Å². The molecule has 0 aliphatic rings. The van der Waals surface area contributed by atoms with Crippen LogP contribution < -0.4 is 0 Å². The Morgan fingerprint density at radius 2 is 1.93 bits per heavy atom. The van der Waals surface area contributed by atoms with E-state index in [0.717, 1.165) is 11.0 Å². The molecule has 0 N–H and O–H groups in total. The molecule has 1 aromatic carbocycles. The van der Waals surface area contributed by atoms with Crippen LogP contribution in [0.4, 0.5) is 0 Å². The van der Waals surface area contributed by atoms with Crippen LogP contribution >= 0.6 is 46.7 Å². The summed E-state index contributed by atoms with van der Waals surface area (Å²) in [6, 6.07) is 9.29. The molecule has 1 aromatic heterocycles. The molecular weight excluding hydrogens is 412 g/mol. The molecule has 0 radical (unpaired) electrons. The number of hydrogen-bond donors (Lipinski definition) is 0. The molecular formula is C9H5Br3O2S. The molecule has 2 nitrogen and oxygen atoms in total. The van der Waals surface area contributed by atoms with Crippen molar-refractivity contribution in [3.63, 3.8) is 0 Å². The summed E-state index contributed by atoms with van der Waals surface area (Å²) >= 11 is 9.42. The molecule has 1 unspecified atom stereocenters. The molecule has 0 spiro atoms. The predicted octanol–water partition coefficient (Wildman–Crippen LogP) is 4.26. The van der Waals surface area contributed by atoms with Gasteiger partial charge in [0.05, 0.1) is 0 Å². The van der Waals surface area contributed by atoms with Crippen LogP contribution in [0.2, 0.25) is 0 Å². The molecule has 1 atom stereocenters. The molecule has 2 rings (SSSR count).